The van der Waals surface area contributed by atoms with Crippen LogP contribution >= 0.6 is 11.6 Å². The monoisotopic (exact) mass is 372 g/mol. The number of halogens is 1. The molecule has 134 valence electrons. The maximum absolute atomic E-state index is 11.6. The third kappa shape index (κ3) is 3.62. The highest BCUT2D eigenvalue weighted by Crippen LogP contribution is 2.25. The predicted octanol–water partition coefficient (Wildman–Crippen LogP) is 3.55. The van der Waals surface area contributed by atoms with Gasteiger partial charge in [-0.1, -0.05) is 17.7 Å². The Balaban J connectivity index is 1.91. The van der Waals surface area contributed by atoms with E-state index in [1.54, 1.807) is 13.2 Å². The molecule has 0 saturated heterocycles. The number of anilines is 1. The minimum atomic E-state index is -1.15. The smallest absolute Gasteiger partial charge is 0.356 e. The molecule has 2 heterocycles. The number of carboxylic acids is 1. The molecule has 0 atom stereocenters. The van der Waals surface area contributed by atoms with Gasteiger partial charge in [0, 0.05) is 23.5 Å². The zero-order valence-electron chi connectivity index (χ0n) is 14.2. The molecule has 0 spiro atoms. The van der Waals surface area contributed by atoms with Gasteiger partial charge < -0.3 is 15.2 Å². The molecule has 8 heteroatoms. The third-order valence-corrected chi connectivity index (χ3v) is 4.16. The molecular formula is C18H17ClN4O3. The number of ether oxygens (including phenoxy) is 1. The van der Waals surface area contributed by atoms with Crippen LogP contribution in [0.2, 0.25) is 5.15 Å². The van der Waals surface area contributed by atoms with Gasteiger partial charge in [-0.25, -0.2) is 14.5 Å². The second kappa shape index (κ2) is 7.45. The van der Waals surface area contributed by atoms with Gasteiger partial charge in [0.15, 0.2) is 11.5 Å². The summed E-state index contributed by atoms with van der Waals surface area (Å²) < 4.78 is 6.45. The number of hydrogen-bond donors (Lipinski definition) is 2. The average molecular weight is 373 g/mol. The Hall–Kier alpha value is -3.06. The van der Waals surface area contributed by atoms with Gasteiger partial charge in [-0.15, -0.1) is 0 Å². The summed E-state index contributed by atoms with van der Waals surface area (Å²) in [5, 5.41) is 17.0. The summed E-state index contributed by atoms with van der Waals surface area (Å²) in [4.78, 5) is 15.9. The van der Waals surface area contributed by atoms with Crippen molar-refractivity contribution in [2.45, 2.75) is 13.5 Å². The lowest BCUT2D eigenvalue weighted by Gasteiger charge is -2.08. The van der Waals surface area contributed by atoms with Gasteiger partial charge >= 0.3 is 5.97 Å². The van der Waals surface area contributed by atoms with E-state index in [1.165, 1.54) is 4.68 Å². The molecular weight excluding hydrogens is 356 g/mol. The minimum absolute atomic E-state index is 0.112. The summed E-state index contributed by atoms with van der Waals surface area (Å²) in [7, 11) is 1.59. The van der Waals surface area contributed by atoms with Gasteiger partial charge in [-0.05, 0) is 43.3 Å². The van der Waals surface area contributed by atoms with Crippen molar-refractivity contribution in [2.24, 2.45) is 0 Å². The van der Waals surface area contributed by atoms with Crippen molar-refractivity contribution in [3.8, 4) is 11.6 Å². The molecule has 7 nitrogen and oxygen atoms in total. The van der Waals surface area contributed by atoms with Crippen molar-refractivity contribution >= 4 is 23.3 Å². The predicted molar refractivity (Wildman–Crippen MR) is 98.4 cm³/mol. The maximum Gasteiger partial charge on any atom is 0.356 e. The van der Waals surface area contributed by atoms with Crippen molar-refractivity contribution in [3.05, 3.63) is 64.6 Å². The van der Waals surface area contributed by atoms with Crippen LogP contribution in [0.3, 0.4) is 0 Å². The largest absolute Gasteiger partial charge is 0.497 e. The summed E-state index contributed by atoms with van der Waals surface area (Å²) in [6, 6.07) is 12.7. The van der Waals surface area contributed by atoms with Gasteiger partial charge in [0.05, 0.1) is 7.11 Å². The molecule has 2 N–H and O–H groups in total. The molecule has 0 aliphatic rings. The zero-order valence-corrected chi connectivity index (χ0v) is 15.0. The Morgan fingerprint density at radius 3 is 2.62 bits per heavy atom. The molecule has 0 amide bonds. The van der Waals surface area contributed by atoms with E-state index in [4.69, 9.17) is 16.3 Å². The number of pyridine rings is 1. The van der Waals surface area contributed by atoms with Crippen molar-refractivity contribution in [1.82, 2.24) is 14.8 Å². The van der Waals surface area contributed by atoms with E-state index in [2.05, 4.69) is 15.4 Å². The van der Waals surface area contributed by atoms with Crippen LogP contribution in [0.5, 0.6) is 5.75 Å². The summed E-state index contributed by atoms with van der Waals surface area (Å²) in [6.07, 6.45) is 0. The third-order valence-electron chi connectivity index (χ3n) is 3.77. The first-order valence-electron chi connectivity index (χ1n) is 7.82. The Morgan fingerprint density at radius 1 is 1.27 bits per heavy atom. The van der Waals surface area contributed by atoms with Crippen LogP contribution in [0.4, 0.5) is 5.69 Å². The van der Waals surface area contributed by atoms with Crippen LogP contribution in [-0.4, -0.2) is 33.0 Å². The molecule has 0 aliphatic heterocycles. The van der Waals surface area contributed by atoms with Crippen molar-refractivity contribution in [1.29, 1.82) is 0 Å². The van der Waals surface area contributed by atoms with Crippen molar-refractivity contribution < 1.29 is 14.6 Å². The molecule has 3 rings (SSSR count). The maximum atomic E-state index is 11.6. The number of nitrogens with one attached hydrogen (secondary N) is 1. The molecule has 0 unspecified atom stereocenters. The fourth-order valence-corrected chi connectivity index (χ4v) is 2.74. The molecule has 0 aliphatic carbocycles. The zero-order chi connectivity index (χ0) is 18.7. The number of nitrogens with zero attached hydrogens (tertiary/aromatic N) is 3. The van der Waals surface area contributed by atoms with Gasteiger partial charge in [0.1, 0.15) is 10.9 Å². The van der Waals surface area contributed by atoms with E-state index in [1.807, 2.05) is 43.3 Å². The average Bonchev–Trinajstić information content (AvgIpc) is 2.97. The standard InChI is InChI=1S/C18H17ClN4O3/c1-11-4-3-5-15(21-11)23-17(19)14(16(22-23)18(24)25)10-20-12-6-8-13(26-2)9-7-12/h3-9,20H,10H2,1-2H3,(H,24,25). The summed E-state index contributed by atoms with van der Waals surface area (Å²) in [5.41, 5.74) is 1.86. The second-order valence-electron chi connectivity index (χ2n) is 5.55. The van der Waals surface area contributed by atoms with Crippen LogP contribution in [0.1, 0.15) is 21.7 Å². The lowest BCUT2D eigenvalue weighted by molar-refractivity contribution is 0.0689. The van der Waals surface area contributed by atoms with Gasteiger partial charge in [0.2, 0.25) is 0 Å². The minimum Gasteiger partial charge on any atom is -0.497 e. The Bertz CT molecular complexity index is 938. The van der Waals surface area contributed by atoms with E-state index in [0.29, 0.717) is 11.4 Å². The molecule has 26 heavy (non-hydrogen) atoms. The van der Waals surface area contributed by atoms with Crippen LogP contribution < -0.4 is 10.1 Å². The highest BCUT2D eigenvalue weighted by atomic mass is 35.5. The Kier molecular flexibility index (Phi) is 5.09. The molecule has 0 fully saturated rings. The number of aromatic carboxylic acids is 1. The lowest BCUT2D eigenvalue weighted by Crippen LogP contribution is -2.06. The number of methoxy groups -OCH3 is 1. The molecule has 2 aromatic heterocycles. The Labute approximate surface area is 155 Å². The quantitative estimate of drug-likeness (QED) is 0.687. The number of carboxylic acid groups (broad SMARTS) is 1. The topological polar surface area (TPSA) is 89.3 Å². The van der Waals surface area contributed by atoms with Gasteiger partial charge in [-0.2, -0.15) is 5.10 Å². The SMILES string of the molecule is COc1ccc(NCc2c(C(=O)O)nn(-c3cccc(C)n3)c2Cl)cc1. The molecule has 0 radical (unpaired) electrons. The number of hydrogen-bond acceptors (Lipinski definition) is 5. The molecule has 3 aromatic rings. The first-order chi connectivity index (χ1) is 12.5. The molecule has 1 aromatic carbocycles. The number of aromatic nitrogens is 3. The molecule has 0 saturated carbocycles. The highest BCUT2D eigenvalue weighted by molar-refractivity contribution is 6.31. The van der Waals surface area contributed by atoms with Crippen LogP contribution in [0, 0.1) is 6.92 Å². The van der Waals surface area contributed by atoms with E-state index in [9.17, 15) is 9.90 Å². The Morgan fingerprint density at radius 2 is 2.00 bits per heavy atom. The normalized spacial score (nSPS) is 10.6. The summed E-state index contributed by atoms with van der Waals surface area (Å²) >= 11 is 6.41. The van der Waals surface area contributed by atoms with E-state index < -0.39 is 5.97 Å². The first-order valence-corrected chi connectivity index (χ1v) is 8.20. The number of benzene rings is 1. The van der Waals surface area contributed by atoms with E-state index in [0.717, 1.165) is 17.1 Å². The van der Waals surface area contributed by atoms with Gasteiger partial charge in [-0.3, -0.25) is 0 Å². The number of aryl methyl sites for hydroxylation is 1. The van der Waals surface area contributed by atoms with Crippen LogP contribution in [0.15, 0.2) is 42.5 Å². The van der Waals surface area contributed by atoms with Crippen LogP contribution in [0.25, 0.3) is 5.82 Å². The molecule has 0 bridgehead atoms. The number of carbonyl (C=O) groups is 1. The van der Waals surface area contributed by atoms with Gasteiger partial charge in [0.25, 0.3) is 0 Å². The van der Waals surface area contributed by atoms with Crippen molar-refractivity contribution in [2.75, 3.05) is 12.4 Å². The van der Waals surface area contributed by atoms with E-state index >= 15 is 0 Å². The second-order valence-corrected chi connectivity index (χ2v) is 5.91. The first kappa shape index (κ1) is 17.8. The highest BCUT2D eigenvalue weighted by Gasteiger charge is 2.22. The van der Waals surface area contributed by atoms with Crippen molar-refractivity contribution in [3.63, 3.8) is 0 Å². The fourth-order valence-electron chi connectivity index (χ4n) is 2.46. The van der Waals surface area contributed by atoms with Crippen LogP contribution in [-0.2, 0) is 6.54 Å². The fraction of sp³-hybridized carbons (Fsp3) is 0.167. The lowest BCUT2D eigenvalue weighted by atomic mass is 10.2. The summed E-state index contributed by atoms with van der Waals surface area (Å²) in [6.45, 7) is 2.05. The summed E-state index contributed by atoms with van der Waals surface area (Å²) in [5.74, 6) is 0.0520. The van der Waals surface area contributed by atoms with E-state index in [-0.39, 0.29) is 17.4 Å². The number of rotatable bonds is 6.